The molecule has 98 valence electrons. The molecule has 2 rings (SSSR count). The highest BCUT2D eigenvalue weighted by atomic mass is 19.4. The van der Waals surface area contributed by atoms with Crippen LogP contribution in [0.15, 0.2) is 24.3 Å². The van der Waals surface area contributed by atoms with E-state index < -0.39 is 11.7 Å². The Kier molecular flexibility index (Phi) is 3.30. The van der Waals surface area contributed by atoms with Crippen LogP contribution in [0.2, 0.25) is 0 Å². The first kappa shape index (κ1) is 12.9. The molecule has 1 atom stereocenters. The van der Waals surface area contributed by atoms with Crippen molar-refractivity contribution in [3.05, 3.63) is 29.8 Å². The van der Waals surface area contributed by atoms with Crippen molar-refractivity contribution < 1.29 is 18.0 Å². The molecule has 1 aliphatic heterocycles. The maximum absolute atomic E-state index is 12.4. The van der Waals surface area contributed by atoms with Crippen LogP contribution >= 0.6 is 0 Å². The zero-order chi connectivity index (χ0) is 13.3. The quantitative estimate of drug-likeness (QED) is 0.880. The predicted molar refractivity (Wildman–Crippen MR) is 61.3 cm³/mol. The summed E-state index contributed by atoms with van der Waals surface area (Å²) in [6.45, 7) is 0.524. The molecule has 1 unspecified atom stereocenters. The molecule has 1 aliphatic rings. The molecule has 0 bridgehead atoms. The monoisotopic (exact) mass is 258 g/mol. The average Bonchev–Trinajstić information content (AvgIpc) is 2.69. The molecule has 6 heteroatoms. The number of rotatable bonds is 2. The van der Waals surface area contributed by atoms with Gasteiger partial charge in [-0.3, -0.25) is 4.79 Å². The number of carbonyl (C=O) groups excluding carboxylic acids is 1. The van der Waals surface area contributed by atoms with E-state index in [1.54, 1.807) is 7.05 Å². The Morgan fingerprint density at radius 3 is 2.33 bits per heavy atom. The minimum Gasteiger partial charge on any atom is -0.311 e. The van der Waals surface area contributed by atoms with Crippen LogP contribution in [0.5, 0.6) is 0 Å². The lowest BCUT2D eigenvalue weighted by Gasteiger charge is -2.17. The highest BCUT2D eigenvalue weighted by Gasteiger charge is 2.33. The minimum atomic E-state index is -4.35. The van der Waals surface area contributed by atoms with Gasteiger partial charge in [0, 0.05) is 12.2 Å². The first-order valence-corrected chi connectivity index (χ1v) is 5.59. The van der Waals surface area contributed by atoms with Crippen molar-refractivity contribution in [2.45, 2.75) is 18.6 Å². The molecule has 1 aromatic carbocycles. The molecule has 1 aromatic rings. The number of carbonyl (C=O) groups is 1. The fourth-order valence-corrected chi connectivity index (χ4v) is 2.03. The largest absolute Gasteiger partial charge is 0.416 e. The number of benzene rings is 1. The number of nitrogens with zero attached hydrogens (tertiary/aromatic N) is 1. The van der Waals surface area contributed by atoms with Gasteiger partial charge >= 0.3 is 6.18 Å². The van der Waals surface area contributed by atoms with Gasteiger partial charge in [-0.15, -0.1) is 0 Å². The van der Waals surface area contributed by atoms with Crippen LogP contribution in [0.1, 0.15) is 12.0 Å². The Morgan fingerprint density at radius 2 is 1.89 bits per heavy atom. The lowest BCUT2D eigenvalue weighted by Crippen LogP contribution is -2.36. The number of nitrogens with one attached hydrogen (secondary N) is 1. The maximum atomic E-state index is 12.4. The topological polar surface area (TPSA) is 32.3 Å². The van der Waals surface area contributed by atoms with Gasteiger partial charge in [-0.1, -0.05) is 0 Å². The smallest absolute Gasteiger partial charge is 0.311 e. The summed E-state index contributed by atoms with van der Waals surface area (Å²) >= 11 is 0. The Morgan fingerprint density at radius 1 is 1.28 bits per heavy atom. The van der Waals surface area contributed by atoms with E-state index in [-0.39, 0.29) is 11.9 Å². The number of anilines is 1. The molecule has 0 radical (unpaired) electrons. The minimum absolute atomic E-state index is 0.0998. The van der Waals surface area contributed by atoms with Gasteiger partial charge in [0.2, 0.25) is 5.91 Å². The van der Waals surface area contributed by atoms with Gasteiger partial charge in [-0.05, 0) is 37.7 Å². The Balaban J connectivity index is 2.19. The fraction of sp³-hybridized carbons (Fsp3) is 0.417. The lowest BCUT2D eigenvalue weighted by atomic mass is 10.2. The average molecular weight is 258 g/mol. The maximum Gasteiger partial charge on any atom is 0.416 e. The fourth-order valence-electron chi connectivity index (χ4n) is 2.03. The molecule has 0 aromatic heterocycles. The van der Waals surface area contributed by atoms with Gasteiger partial charge in [0.1, 0.15) is 0 Å². The molecule has 3 nitrogen and oxygen atoms in total. The summed E-state index contributed by atoms with van der Waals surface area (Å²) in [7, 11) is 1.69. The second-order valence-corrected chi connectivity index (χ2v) is 4.16. The summed E-state index contributed by atoms with van der Waals surface area (Å²) in [5, 5.41) is 2.88. The number of likely N-dealkylation sites (N-methyl/N-ethyl adjacent to an activating group) is 1. The Bertz CT molecular complexity index is 442. The van der Waals surface area contributed by atoms with E-state index in [0.29, 0.717) is 18.7 Å². The van der Waals surface area contributed by atoms with Crippen molar-refractivity contribution in [3.63, 3.8) is 0 Å². The zero-order valence-electron chi connectivity index (χ0n) is 9.79. The van der Waals surface area contributed by atoms with Crippen molar-refractivity contribution in [3.8, 4) is 0 Å². The lowest BCUT2D eigenvalue weighted by molar-refractivity contribution is -0.137. The van der Waals surface area contributed by atoms with Gasteiger partial charge in [0.05, 0.1) is 11.6 Å². The standard InChI is InChI=1S/C12H13F3N2O/c1-16-10-6-7-17(11(10)18)9-4-2-8(3-5-9)12(13,14)15/h2-5,10,16H,6-7H2,1H3. The van der Waals surface area contributed by atoms with Gasteiger partial charge < -0.3 is 10.2 Å². The van der Waals surface area contributed by atoms with E-state index in [4.69, 9.17) is 0 Å². The van der Waals surface area contributed by atoms with Crippen molar-refractivity contribution in [1.29, 1.82) is 0 Å². The Hall–Kier alpha value is -1.56. The number of amides is 1. The molecule has 1 saturated heterocycles. The third-order valence-electron chi connectivity index (χ3n) is 3.06. The number of alkyl halides is 3. The zero-order valence-corrected chi connectivity index (χ0v) is 9.79. The Labute approximate surface area is 103 Å². The van der Waals surface area contributed by atoms with Crippen molar-refractivity contribution in [2.24, 2.45) is 0 Å². The van der Waals surface area contributed by atoms with Gasteiger partial charge in [0.25, 0.3) is 0 Å². The van der Waals surface area contributed by atoms with Crippen molar-refractivity contribution in [2.75, 3.05) is 18.5 Å². The summed E-state index contributed by atoms with van der Waals surface area (Å²) in [5.41, 5.74) is -0.200. The van der Waals surface area contributed by atoms with Crippen molar-refractivity contribution >= 4 is 11.6 Å². The first-order valence-electron chi connectivity index (χ1n) is 5.59. The number of halogens is 3. The molecular formula is C12H13F3N2O. The van der Waals surface area contributed by atoms with Crippen LogP contribution < -0.4 is 10.2 Å². The number of hydrogen-bond donors (Lipinski definition) is 1. The summed E-state index contributed by atoms with van der Waals surface area (Å²) < 4.78 is 37.2. The van der Waals surface area contributed by atoms with Crippen LogP contribution in [0.25, 0.3) is 0 Å². The predicted octanol–water partition coefficient (Wildman–Crippen LogP) is 2.03. The highest BCUT2D eigenvalue weighted by molar-refractivity contribution is 5.99. The van der Waals surface area contributed by atoms with Crippen LogP contribution in [0.3, 0.4) is 0 Å². The normalized spacial score (nSPS) is 20.6. The molecule has 0 spiro atoms. The van der Waals surface area contributed by atoms with Gasteiger partial charge in [-0.2, -0.15) is 13.2 Å². The van der Waals surface area contributed by atoms with E-state index in [2.05, 4.69) is 5.32 Å². The molecule has 0 aliphatic carbocycles. The van der Waals surface area contributed by atoms with Gasteiger partial charge in [0.15, 0.2) is 0 Å². The van der Waals surface area contributed by atoms with Gasteiger partial charge in [-0.25, -0.2) is 0 Å². The van der Waals surface area contributed by atoms with Crippen LogP contribution in [0.4, 0.5) is 18.9 Å². The van der Waals surface area contributed by atoms with E-state index in [1.807, 2.05) is 0 Å². The molecule has 1 N–H and O–H groups in total. The summed E-state index contributed by atoms with van der Waals surface area (Å²) in [6.07, 6.45) is -3.68. The van der Waals surface area contributed by atoms with Crippen LogP contribution in [-0.4, -0.2) is 25.5 Å². The van der Waals surface area contributed by atoms with Crippen LogP contribution in [0, 0.1) is 0 Å². The molecule has 1 heterocycles. The second kappa shape index (κ2) is 4.61. The second-order valence-electron chi connectivity index (χ2n) is 4.16. The van der Waals surface area contributed by atoms with E-state index in [1.165, 1.54) is 17.0 Å². The first-order chi connectivity index (χ1) is 8.43. The van der Waals surface area contributed by atoms with Crippen molar-refractivity contribution in [1.82, 2.24) is 5.32 Å². The molecule has 18 heavy (non-hydrogen) atoms. The third-order valence-corrected chi connectivity index (χ3v) is 3.06. The summed E-state index contributed by atoms with van der Waals surface area (Å²) in [5.74, 6) is -0.0998. The van der Waals surface area contributed by atoms with E-state index in [0.717, 1.165) is 12.1 Å². The van der Waals surface area contributed by atoms with Crippen LogP contribution in [-0.2, 0) is 11.0 Å². The SMILES string of the molecule is CNC1CCN(c2ccc(C(F)(F)F)cc2)C1=O. The number of hydrogen-bond acceptors (Lipinski definition) is 2. The molecule has 1 amide bonds. The van der Waals surface area contributed by atoms with E-state index >= 15 is 0 Å². The van der Waals surface area contributed by atoms with E-state index in [9.17, 15) is 18.0 Å². The molecular weight excluding hydrogens is 245 g/mol. The third kappa shape index (κ3) is 2.33. The molecule has 1 fully saturated rings. The summed E-state index contributed by atoms with van der Waals surface area (Å²) in [6, 6.07) is 4.41. The molecule has 0 saturated carbocycles. The highest BCUT2D eigenvalue weighted by Crippen LogP contribution is 2.31. The summed E-state index contributed by atoms with van der Waals surface area (Å²) in [4.78, 5) is 13.4.